The maximum Gasteiger partial charge on any atom is 0.151 e. The van der Waals surface area contributed by atoms with Crippen molar-refractivity contribution in [2.24, 2.45) is 11.7 Å². The van der Waals surface area contributed by atoms with Crippen LogP contribution in [0.5, 0.6) is 0 Å². The van der Waals surface area contributed by atoms with Crippen molar-refractivity contribution >= 4 is 0 Å². The summed E-state index contributed by atoms with van der Waals surface area (Å²) < 4.78 is 27.5. The molecule has 82 valence electrons. The molecule has 15 heavy (non-hydrogen) atoms. The molecule has 0 bridgehead atoms. The van der Waals surface area contributed by atoms with Crippen molar-refractivity contribution < 1.29 is 8.78 Å². The summed E-state index contributed by atoms with van der Waals surface area (Å²) in [6, 6.07) is 4.19. The minimum Gasteiger partial charge on any atom is -0.327 e. The Morgan fingerprint density at radius 2 is 2.13 bits per heavy atom. The molecule has 0 amide bonds. The molecule has 2 rings (SSSR count). The predicted molar refractivity (Wildman–Crippen MR) is 55.7 cm³/mol. The SMILES string of the molecule is Cc1cc(F)ccc1C(F)(CN)C1CC1. The van der Waals surface area contributed by atoms with E-state index in [0.717, 1.165) is 12.8 Å². The Bertz CT molecular complexity index is 374. The maximum absolute atomic E-state index is 14.6. The highest BCUT2D eigenvalue weighted by Crippen LogP contribution is 2.48. The van der Waals surface area contributed by atoms with Crippen LogP contribution in [0.15, 0.2) is 18.2 Å². The van der Waals surface area contributed by atoms with Gasteiger partial charge in [0.05, 0.1) is 0 Å². The zero-order valence-electron chi connectivity index (χ0n) is 8.76. The Kier molecular flexibility index (Phi) is 2.51. The van der Waals surface area contributed by atoms with Crippen LogP contribution >= 0.6 is 0 Å². The summed E-state index contributed by atoms with van der Waals surface area (Å²) in [5.41, 5.74) is 5.26. The summed E-state index contributed by atoms with van der Waals surface area (Å²) in [6.07, 6.45) is 1.76. The van der Waals surface area contributed by atoms with Crippen molar-refractivity contribution in [3.63, 3.8) is 0 Å². The molecule has 1 nitrogen and oxygen atoms in total. The van der Waals surface area contributed by atoms with Gasteiger partial charge >= 0.3 is 0 Å². The molecule has 0 aliphatic heterocycles. The minimum absolute atomic E-state index is 0.0201. The number of benzene rings is 1. The highest BCUT2D eigenvalue weighted by atomic mass is 19.1. The first-order chi connectivity index (χ1) is 7.08. The molecule has 1 aliphatic carbocycles. The lowest BCUT2D eigenvalue weighted by Crippen LogP contribution is -2.33. The van der Waals surface area contributed by atoms with E-state index < -0.39 is 5.67 Å². The number of alkyl halides is 1. The van der Waals surface area contributed by atoms with E-state index in [1.165, 1.54) is 18.2 Å². The molecule has 1 aromatic carbocycles. The van der Waals surface area contributed by atoms with Crippen LogP contribution in [0.3, 0.4) is 0 Å². The fourth-order valence-electron chi connectivity index (χ4n) is 2.13. The second-order valence-corrected chi connectivity index (χ2v) is 4.30. The number of rotatable bonds is 3. The van der Waals surface area contributed by atoms with Gasteiger partial charge in [-0.25, -0.2) is 8.78 Å². The maximum atomic E-state index is 14.6. The second kappa shape index (κ2) is 3.56. The van der Waals surface area contributed by atoms with E-state index in [4.69, 9.17) is 5.73 Å². The van der Waals surface area contributed by atoms with Crippen molar-refractivity contribution in [3.8, 4) is 0 Å². The van der Waals surface area contributed by atoms with Gasteiger partial charge in [0.15, 0.2) is 5.67 Å². The van der Waals surface area contributed by atoms with Gasteiger partial charge in [0.2, 0.25) is 0 Å². The van der Waals surface area contributed by atoms with Crippen LogP contribution in [-0.2, 0) is 5.67 Å². The van der Waals surface area contributed by atoms with Gasteiger partial charge in [-0.15, -0.1) is 0 Å². The van der Waals surface area contributed by atoms with Crippen molar-refractivity contribution in [3.05, 3.63) is 35.1 Å². The summed E-state index contributed by atoms with van der Waals surface area (Å²) in [7, 11) is 0. The molecule has 0 saturated heterocycles. The van der Waals surface area contributed by atoms with Crippen LogP contribution < -0.4 is 5.73 Å². The van der Waals surface area contributed by atoms with Gasteiger partial charge in [0, 0.05) is 6.54 Å². The number of hydrogen-bond acceptors (Lipinski definition) is 1. The van der Waals surface area contributed by atoms with E-state index in [2.05, 4.69) is 0 Å². The summed E-state index contributed by atoms with van der Waals surface area (Å²) in [4.78, 5) is 0. The molecule has 1 aliphatic rings. The third-order valence-electron chi connectivity index (χ3n) is 3.16. The van der Waals surface area contributed by atoms with E-state index >= 15 is 0 Å². The van der Waals surface area contributed by atoms with E-state index in [-0.39, 0.29) is 18.3 Å². The monoisotopic (exact) mass is 211 g/mol. The lowest BCUT2D eigenvalue weighted by atomic mass is 9.87. The highest BCUT2D eigenvalue weighted by molar-refractivity contribution is 5.34. The van der Waals surface area contributed by atoms with Gasteiger partial charge in [-0.05, 0) is 48.9 Å². The van der Waals surface area contributed by atoms with Crippen molar-refractivity contribution in [2.45, 2.75) is 25.4 Å². The van der Waals surface area contributed by atoms with E-state index in [1.54, 1.807) is 6.92 Å². The number of hydrogen-bond donors (Lipinski definition) is 1. The van der Waals surface area contributed by atoms with Gasteiger partial charge < -0.3 is 5.73 Å². The summed E-state index contributed by atoms with van der Waals surface area (Å²) in [5, 5.41) is 0. The molecular weight excluding hydrogens is 196 g/mol. The Labute approximate surface area is 88.3 Å². The standard InChI is InChI=1S/C12H15F2N/c1-8-6-10(13)4-5-11(8)12(14,7-15)9-2-3-9/h4-6,9H,2-3,7,15H2,1H3. The second-order valence-electron chi connectivity index (χ2n) is 4.30. The highest BCUT2D eigenvalue weighted by Gasteiger charge is 2.46. The molecule has 1 fully saturated rings. The van der Waals surface area contributed by atoms with Crippen LogP contribution in [-0.4, -0.2) is 6.54 Å². The third kappa shape index (κ3) is 1.76. The third-order valence-corrected chi connectivity index (χ3v) is 3.16. The molecule has 1 saturated carbocycles. The summed E-state index contributed by atoms with van der Waals surface area (Å²) >= 11 is 0. The lowest BCUT2D eigenvalue weighted by molar-refractivity contribution is 0.142. The largest absolute Gasteiger partial charge is 0.327 e. The van der Waals surface area contributed by atoms with Crippen molar-refractivity contribution in [2.75, 3.05) is 6.54 Å². The quantitative estimate of drug-likeness (QED) is 0.817. The van der Waals surface area contributed by atoms with Gasteiger partial charge in [-0.2, -0.15) is 0 Å². The van der Waals surface area contributed by atoms with Gasteiger partial charge in [0.25, 0.3) is 0 Å². The lowest BCUT2D eigenvalue weighted by Gasteiger charge is -2.25. The number of nitrogens with two attached hydrogens (primary N) is 1. The topological polar surface area (TPSA) is 26.0 Å². The molecular formula is C12H15F2N. The molecule has 0 spiro atoms. The Balaban J connectivity index is 2.42. The van der Waals surface area contributed by atoms with Crippen LogP contribution in [0, 0.1) is 18.7 Å². The summed E-state index contributed by atoms with van der Waals surface area (Å²) in [6.45, 7) is 1.70. The minimum atomic E-state index is -1.46. The van der Waals surface area contributed by atoms with E-state index in [1.807, 2.05) is 0 Å². The van der Waals surface area contributed by atoms with Gasteiger partial charge in [-0.3, -0.25) is 0 Å². The zero-order valence-corrected chi connectivity index (χ0v) is 8.76. The summed E-state index contributed by atoms with van der Waals surface area (Å²) in [5.74, 6) is -0.307. The number of aryl methyl sites for hydroxylation is 1. The Morgan fingerprint density at radius 1 is 1.47 bits per heavy atom. The first kappa shape index (κ1) is 10.6. The van der Waals surface area contributed by atoms with E-state index in [0.29, 0.717) is 11.1 Å². The van der Waals surface area contributed by atoms with E-state index in [9.17, 15) is 8.78 Å². The first-order valence-corrected chi connectivity index (χ1v) is 5.23. The smallest absolute Gasteiger partial charge is 0.151 e. The molecule has 1 aromatic rings. The normalized spacial score (nSPS) is 20.0. The molecule has 1 unspecified atom stereocenters. The average molecular weight is 211 g/mol. The molecule has 3 heteroatoms. The molecule has 0 radical (unpaired) electrons. The van der Waals surface area contributed by atoms with Crippen molar-refractivity contribution in [1.29, 1.82) is 0 Å². The average Bonchev–Trinajstić information content (AvgIpc) is 3.00. The fourth-order valence-corrected chi connectivity index (χ4v) is 2.13. The van der Waals surface area contributed by atoms with Crippen LogP contribution in [0.2, 0.25) is 0 Å². The molecule has 2 N–H and O–H groups in total. The van der Waals surface area contributed by atoms with Crippen LogP contribution in [0.25, 0.3) is 0 Å². The van der Waals surface area contributed by atoms with Crippen molar-refractivity contribution in [1.82, 2.24) is 0 Å². The fraction of sp³-hybridized carbons (Fsp3) is 0.500. The molecule has 0 aromatic heterocycles. The van der Waals surface area contributed by atoms with Gasteiger partial charge in [-0.1, -0.05) is 6.07 Å². The predicted octanol–water partition coefficient (Wildman–Crippen LogP) is 2.67. The molecule has 1 atom stereocenters. The van der Waals surface area contributed by atoms with Crippen LogP contribution in [0.4, 0.5) is 8.78 Å². The Morgan fingerprint density at radius 3 is 2.60 bits per heavy atom. The van der Waals surface area contributed by atoms with Gasteiger partial charge in [0.1, 0.15) is 5.82 Å². The zero-order chi connectivity index (χ0) is 11.1. The Hall–Kier alpha value is -0.960. The van der Waals surface area contributed by atoms with Crippen LogP contribution in [0.1, 0.15) is 24.0 Å². The number of halogens is 2. The first-order valence-electron chi connectivity index (χ1n) is 5.23. The molecule has 0 heterocycles.